The zero-order valence-electron chi connectivity index (χ0n) is 11.3. The number of benzene rings is 1. The third-order valence-electron chi connectivity index (χ3n) is 2.86. The fourth-order valence-corrected chi connectivity index (χ4v) is 2.14. The van der Waals surface area contributed by atoms with Crippen molar-refractivity contribution in [3.8, 4) is 0 Å². The average Bonchev–Trinajstić information content (AvgIpc) is 2.89. The van der Waals surface area contributed by atoms with Gasteiger partial charge in [-0.1, -0.05) is 23.2 Å². The second kappa shape index (κ2) is 7.24. The maximum atomic E-state index is 11.9. The van der Waals surface area contributed by atoms with E-state index >= 15 is 0 Å². The van der Waals surface area contributed by atoms with E-state index in [1.165, 1.54) is 18.3 Å². The third kappa shape index (κ3) is 4.19. The number of nitro benzene ring substituents is 1. The minimum absolute atomic E-state index is 0.00268. The number of nitro groups is 1. The van der Waals surface area contributed by atoms with Crippen LogP contribution in [0.15, 0.2) is 30.6 Å². The molecule has 0 atom stereocenters. The SMILES string of the molecule is O=C(NCCCn1cc(Cl)cn1)c1ccc(Cl)c([N+](=O)[O-])c1. The molecule has 7 nitrogen and oxygen atoms in total. The molecule has 1 aromatic heterocycles. The molecule has 9 heteroatoms. The highest BCUT2D eigenvalue weighted by atomic mass is 35.5. The summed E-state index contributed by atoms with van der Waals surface area (Å²) in [5.74, 6) is -0.390. The van der Waals surface area contributed by atoms with Crippen molar-refractivity contribution in [2.75, 3.05) is 6.54 Å². The van der Waals surface area contributed by atoms with E-state index in [1.807, 2.05) is 0 Å². The lowest BCUT2D eigenvalue weighted by atomic mass is 10.2. The van der Waals surface area contributed by atoms with E-state index in [-0.39, 0.29) is 16.3 Å². The number of halogens is 2. The lowest BCUT2D eigenvalue weighted by Crippen LogP contribution is -2.25. The summed E-state index contributed by atoms with van der Waals surface area (Å²) < 4.78 is 1.67. The maximum absolute atomic E-state index is 11.9. The van der Waals surface area contributed by atoms with Crippen LogP contribution in [0.25, 0.3) is 0 Å². The molecule has 0 bridgehead atoms. The number of amides is 1. The number of hydrogen-bond donors (Lipinski definition) is 1. The molecule has 116 valence electrons. The molecule has 22 heavy (non-hydrogen) atoms. The molecule has 0 radical (unpaired) electrons. The van der Waals surface area contributed by atoms with Crippen LogP contribution in [0.1, 0.15) is 16.8 Å². The molecule has 0 aliphatic carbocycles. The van der Waals surface area contributed by atoms with Crippen LogP contribution in [-0.2, 0) is 6.54 Å². The van der Waals surface area contributed by atoms with Gasteiger partial charge in [0.15, 0.2) is 0 Å². The van der Waals surface area contributed by atoms with Gasteiger partial charge in [0, 0.05) is 30.9 Å². The van der Waals surface area contributed by atoms with Gasteiger partial charge >= 0.3 is 0 Å². The van der Waals surface area contributed by atoms with Crippen LogP contribution in [0.5, 0.6) is 0 Å². The monoisotopic (exact) mass is 342 g/mol. The summed E-state index contributed by atoms with van der Waals surface area (Å²) in [6.07, 6.45) is 3.87. The molecule has 0 aliphatic rings. The maximum Gasteiger partial charge on any atom is 0.288 e. The quantitative estimate of drug-likeness (QED) is 0.496. The highest BCUT2D eigenvalue weighted by Crippen LogP contribution is 2.24. The Morgan fingerprint density at radius 1 is 1.41 bits per heavy atom. The van der Waals surface area contributed by atoms with Gasteiger partial charge in [-0.3, -0.25) is 19.6 Å². The fourth-order valence-electron chi connectivity index (χ4n) is 1.80. The normalized spacial score (nSPS) is 10.5. The smallest absolute Gasteiger partial charge is 0.288 e. The molecule has 0 unspecified atom stereocenters. The number of aromatic nitrogens is 2. The summed E-state index contributed by atoms with van der Waals surface area (Å²) in [6.45, 7) is 1.01. The number of nitrogens with zero attached hydrogens (tertiary/aromatic N) is 3. The summed E-state index contributed by atoms with van der Waals surface area (Å²) in [7, 11) is 0. The van der Waals surface area contributed by atoms with E-state index in [1.54, 1.807) is 10.9 Å². The van der Waals surface area contributed by atoms with Crippen molar-refractivity contribution in [1.82, 2.24) is 15.1 Å². The van der Waals surface area contributed by atoms with E-state index < -0.39 is 10.8 Å². The largest absolute Gasteiger partial charge is 0.352 e. The Morgan fingerprint density at radius 2 is 2.18 bits per heavy atom. The van der Waals surface area contributed by atoms with Gasteiger partial charge in [-0.05, 0) is 18.6 Å². The number of carbonyl (C=O) groups excluding carboxylic acids is 1. The molecule has 0 spiro atoms. The summed E-state index contributed by atoms with van der Waals surface area (Å²) in [4.78, 5) is 22.1. The van der Waals surface area contributed by atoms with E-state index in [0.717, 1.165) is 6.07 Å². The first-order valence-electron chi connectivity index (χ1n) is 6.37. The molecule has 1 amide bonds. The molecule has 2 rings (SSSR count). The summed E-state index contributed by atoms with van der Waals surface area (Å²) in [5.41, 5.74) is -0.0984. The number of rotatable bonds is 6. The first-order chi connectivity index (χ1) is 10.5. The van der Waals surface area contributed by atoms with Crippen molar-refractivity contribution in [2.45, 2.75) is 13.0 Å². The second-order valence-corrected chi connectivity index (χ2v) is 5.30. The lowest BCUT2D eigenvalue weighted by molar-refractivity contribution is -0.384. The molecule has 0 fully saturated rings. The summed E-state index contributed by atoms with van der Waals surface area (Å²) in [6, 6.07) is 3.93. The van der Waals surface area contributed by atoms with Gasteiger partial charge in [0.25, 0.3) is 11.6 Å². The van der Waals surface area contributed by atoms with Crippen LogP contribution in [0.3, 0.4) is 0 Å². The van der Waals surface area contributed by atoms with Crippen LogP contribution in [0, 0.1) is 10.1 Å². The Bertz CT molecular complexity index is 702. The number of hydrogen-bond acceptors (Lipinski definition) is 4. The third-order valence-corrected chi connectivity index (χ3v) is 3.37. The number of aryl methyl sites for hydroxylation is 1. The molecular formula is C13H12Cl2N4O3. The first-order valence-corrected chi connectivity index (χ1v) is 7.13. The predicted octanol–water partition coefficient (Wildman–Crippen LogP) is 2.92. The Labute approximate surface area is 136 Å². The minimum atomic E-state index is -0.624. The van der Waals surface area contributed by atoms with Crippen molar-refractivity contribution in [3.05, 3.63) is 56.3 Å². The minimum Gasteiger partial charge on any atom is -0.352 e. The van der Waals surface area contributed by atoms with Crippen molar-refractivity contribution < 1.29 is 9.72 Å². The summed E-state index contributed by atoms with van der Waals surface area (Å²) >= 11 is 11.4. The van der Waals surface area contributed by atoms with Crippen LogP contribution >= 0.6 is 23.2 Å². The van der Waals surface area contributed by atoms with Crippen molar-refractivity contribution in [2.24, 2.45) is 0 Å². The lowest BCUT2D eigenvalue weighted by Gasteiger charge is -2.06. The van der Waals surface area contributed by atoms with Crippen molar-refractivity contribution in [1.29, 1.82) is 0 Å². The molecule has 1 N–H and O–H groups in total. The topological polar surface area (TPSA) is 90.1 Å². The Morgan fingerprint density at radius 3 is 2.82 bits per heavy atom. The molecule has 0 aliphatic heterocycles. The molecule has 2 aromatic rings. The first kappa shape index (κ1) is 16.3. The Balaban J connectivity index is 1.87. The van der Waals surface area contributed by atoms with Gasteiger partial charge in [-0.2, -0.15) is 5.10 Å². The zero-order valence-corrected chi connectivity index (χ0v) is 12.8. The van der Waals surface area contributed by atoms with Gasteiger partial charge in [0.2, 0.25) is 0 Å². The molecular weight excluding hydrogens is 331 g/mol. The number of nitrogens with one attached hydrogen (secondary N) is 1. The highest BCUT2D eigenvalue weighted by Gasteiger charge is 2.15. The van der Waals surface area contributed by atoms with Gasteiger partial charge in [-0.25, -0.2) is 0 Å². The van der Waals surface area contributed by atoms with Crippen molar-refractivity contribution >= 4 is 34.8 Å². The van der Waals surface area contributed by atoms with Crippen LogP contribution < -0.4 is 5.32 Å². The number of carbonyl (C=O) groups is 1. The van der Waals surface area contributed by atoms with Crippen molar-refractivity contribution in [3.63, 3.8) is 0 Å². The Hall–Kier alpha value is -2.12. The van der Waals surface area contributed by atoms with Gasteiger partial charge in [0.05, 0.1) is 16.1 Å². The Kier molecular flexibility index (Phi) is 5.35. The predicted molar refractivity (Wildman–Crippen MR) is 82.3 cm³/mol. The second-order valence-electron chi connectivity index (χ2n) is 4.45. The molecule has 0 saturated carbocycles. The molecule has 0 saturated heterocycles. The standard InChI is InChI=1S/C13H12Cl2N4O3/c14-10-7-17-18(8-10)5-1-4-16-13(20)9-2-3-11(15)12(6-9)19(21)22/h2-3,6-8H,1,4-5H2,(H,16,20). The van der Waals surface area contributed by atoms with E-state index in [0.29, 0.717) is 24.5 Å². The molecule has 1 heterocycles. The highest BCUT2D eigenvalue weighted by molar-refractivity contribution is 6.32. The van der Waals surface area contributed by atoms with Gasteiger partial charge in [0.1, 0.15) is 5.02 Å². The van der Waals surface area contributed by atoms with E-state index in [2.05, 4.69) is 10.4 Å². The van der Waals surface area contributed by atoms with Crippen LogP contribution in [-0.4, -0.2) is 27.2 Å². The van der Waals surface area contributed by atoms with Gasteiger partial charge in [-0.15, -0.1) is 0 Å². The molecule has 1 aromatic carbocycles. The van der Waals surface area contributed by atoms with Crippen LogP contribution in [0.2, 0.25) is 10.0 Å². The fraction of sp³-hybridized carbons (Fsp3) is 0.231. The zero-order chi connectivity index (χ0) is 16.1. The van der Waals surface area contributed by atoms with E-state index in [9.17, 15) is 14.9 Å². The van der Waals surface area contributed by atoms with Gasteiger partial charge < -0.3 is 5.32 Å². The summed E-state index contributed by atoms with van der Waals surface area (Å²) in [5, 5.41) is 18.0. The van der Waals surface area contributed by atoms with E-state index in [4.69, 9.17) is 23.2 Å². The average molecular weight is 343 g/mol. The van der Waals surface area contributed by atoms with Crippen LogP contribution in [0.4, 0.5) is 5.69 Å².